The Balaban J connectivity index is 2.36. The zero-order chi connectivity index (χ0) is 14.0. The number of aromatic hydroxyl groups is 2. The lowest BCUT2D eigenvalue weighted by molar-refractivity contribution is 0.456. The average molecular weight is 280 g/mol. The molecule has 19 heavy (non-hydrogen) atoms. The number of phenolic OH excluding ortho intramolecular Hbond substituents is 1. The Bertz CT molecular complexity index is 592. The molecule has 1 heterocycles. The van der Waals surface area contributed by atoms with Gasteiger partial charge in [-0.25, -0.2) is 4.98 Å². The second-order valence-electron chi connectivity index (χ2n) is 4.19. The van der Waals surface area contributed by atoms with Crippen LogP contribution < -0.4 is 4.90 Å². The second-order valence-corrected chi connectivity index (χ2v) is 4.53. The molecule has 0 saturated carbocycles. The molecule has 0 unspecified atom stereocenters. The van der Waals surface area contributed by atoms with Crippen molar-refractivity contribution in [2.24, 2.45) is 0 Å². The SMILES string of the molecule is C[C@@H](c1ccccc1O)N(C)c1nc(Cl)ncc1O. The number of halogens is 1. The normalized spacial score (nSPS) is 12.2. The molecule has 1 aromatic carbocycles. The molecule has 0 aliphatic carbocycles. The van der Waals surface area contributed by atoms with E-state index in [9.17, 15) is 10.2 Å². The number of hydrogen-bond acceptors (Lipinski definition) is 5. The van der Waals surface area contributed by atoms with E-state index in [1.807, 2.05) is 19.1 Å². The molecule has 6 heteroatoms. The monoisotopic (exact) mass is 279 g/mol. The largest absolute Gasteiger partial charge is 0.508 e. The molecule has 0 fully saturated rings. The van der Waals surface area contributed by atoms with Crippen molar-refractivity contribution in [1.82, 2.24) is 9.97 Å². The van der Waals surface area contributed by atoms with Gasteiger partial charge < -0.3 is 15.1 Å². The third-order valence-corrected chi connectivity index (χ3v) is 3.20. The lowest BCUT2D eigenvalue weighted by Gasteiger charge is -2.27. The Morgan fingerprint density at radius 3 is 2.58 bits per heavy atom. The topological polar surface area (TPSA) is 69.5 Å². The van der Waals surface area contributed by atoms with Crippen LogP contribution in [-0.2, 0) is 0 Å². The maximum atomic E-state index is 9.85. The molecule has 0 spiro atoms. The smallest absolute Gasteiger partial charge is 0.224 e. The van der Waals surface area contributed by atoms with Crippen LogP contribution in [0.5, 0.6) is 11.5 Å². The van der Waals surface area contributed by atoms with E-state index in [-0.39, 0.29) is 22.8 Å². The molecule has 2 aromatic rings. The first-order valence-corrected chi connectivity index (χ1v) is 6.10. The molecule has 1 atom stereocenters. The summed E-state index contributed by atoms with van der Waals surface area (Å²) in [6.45, 7) is 1.89. The number of rotatable bonds is 3. The molecule has 2 rings (SSSR count). The molecule has 2 N–H and O–H groups in total. The summed E-state index contributed by atoms with van der Waals surface area (Å²) < 4.78 is 0. The number of para-hydroxylation sites is 1. The maximum Gasteiger partial charge on any atom is 0.224 e. The Kier molecular flexibility index (Phi) is 3.76. The zero-order valence-electron chi connectivity index (χ0n) is 10.6. The number of nitrogens with zero attached hydrogens (tertiary/aromatic N) is 3. The van der Waals surface area contributed by atoms with Crippen molar-refractivity contribution in [3.63, 3.8) is 0 Å². The van der Waals surface area contributed by atoms with Crippen molar-refractivity contribution in [2.75, 3.05) is 11.9 Å². The van der Waals surface area contributed by atoms with Crippen LogP contribution in [0.3, 0.4) is 0 Å². The van der Waals surface area contributed by atoms with Gasteiger partial charge in [0.15, 0.2) is 11.6 Å². The average Bonchev–Trinajstić information content (AvgIpc) is 2.40. The fourth-order valence-electron chi connectivity index (χ4n) is 1.84. The maximum absolute atomic E-state index is 9.85. The standard InChI is InChI=1S/C13H14ClN3O2/c1-8(9-5-3-4-6-10(9)18)17(2)12-11(19)7-15-13(14)16-12/h3-8,18-19H,1-2H3/t8-/m0/s1. The van der Waals surface area contributed by atoms with Crippen LogP contribution in [0, 0.1) is 0 Å². The van der Waals surface area contributed by atoms with Crippen molar-refractivity contribution in [2.45, 2.75) is 13.0 Å². The van der Waals surface area contributed by atoms with Crippen molar-refractivity contribution < 1.29 is 10.2 Å². The molecule has 0 saturated heterocycles. The van der Waals surface area contributed by atoms with Crippen molar-refractivity contribution >= 4 is 17.4 Å². The summed E-state index contributed by atoms with van der Waals surface area (Å²) in [6.07, 6.45) is 1.25. The third-order valence-electron chi connectivity index (χ3n) is 3.02. The van der Waals surface area contributed by atoms with E-state index in [1.165, 1.54) is 6.20 Å². The van der Waals surface area contributed by atoms with Gasteiger partial charge in [-0.2, -0.15) is 4.98 Å². The van der Waals surface area contributed by atoms with E-state index in [0.717, 1.165) is 5.56 Å². The first kappa shape index (κ1) is 13.4. The summed E-state index contributed by atoms with van der Waals surface area (Å²) in [4.78, 5) is 9.42. The molecule has 100 valence electrons. The van der Waals surface area contributed by atoms with Crippen LogP contribution in [0.25, 0.3) is 0 Å². The Morgan fingerprint density at radius 2 is 1.89 bits per heavy atom. The zero-order valence-corrected chi connectivity index (χ0v) is 11.3. The van der Waals surface area contributed by atoms with Gasteiger partial charge in [0.2, 0.25) is 5.28 Å². The second kappa shape index (κ2) is 5.32. The molecule has 0 bridgehead atoms. The van der Waals surface area contributed by atoms with Gasteiger partial charge in [-0.1, -0.05) is 18.2 Å². The van der Waals surface area contributed by atoms with Crippen LogP contribution in [0.15, 0.2) is 30.5 Å². The van der Waals surface area contributed by atoms with E-state index >= 15 is 0 Å². The summed E-state index contributed by atoms with van der Waals surface area (Å²) in [7, 11) is 1.76. The van der Waals surface area contributed by atoms with Crippen molar-refractivity contribution in [3.05, 3.63) is 41.3 Å². The summed E-state index contributed by atoms with van der Waals surface area (Å²) in [6, 6.07) is 6.85. The van der Waals surface area contributed by atoms with Gasteiger partial charge in [-0.15, -0.1) is 0 Å². The van der Waals surface area contributed by atoms with E-state index in [2.05, 4.69) is 9.97 Å². The third kappa shape index (κ3) is 2.71. The lowest BCUT2D eigenvalue weighted by atomic mass is 10.1. The predicted molar refractivity (Wildman–Crippen MR) is 73.6 cm³/mol. The Hall–Kier alpha value is -2.01. The highest BCUT2D eigenvalue weighted by atomic mass is 35.5. The van der Waals surface area contributed by atoms with E-state index < -0.39 is 0 Å². The summed E-state index contributed by atoms with van der Waals surface area (Å²) in [5.41, 5.74) is 0.735. The van der Waals surface area contributed by atoms with Crippen LogP contribution >= 0.6 is 11.6 Å². The first-order chi connectivity index (χ1) is 9.00. The molecule has 0 radical (unpaired) electrons. The Labute approximate surface area is 116 Å². The summed E-state index contributed by atoms with van der Waals surface area (Å²) in [5.74, 6) is 0.450. The number of aromatic nitrogens is 2. The minimum Gasteiger partial charge on any atom is -0.508 e. The van der Waals surface area contributed by atoms with Crippen molar-refractivity contribution in [3.8, 4) is 11.5 Å². The van der Waals surface area contributed by atoms with Gasteiger partial charge in [0.1, 0.15) is 5.75 Å². The summed E-state index contributed by atoms with van der Waals surface area (Å²) >= 11 is 5.73. The number of phenols is 1. The van der Waals surface area contributed by atoms with Gasteiger partial charge in [-0.05, 0) is 24.6 Å². The molecule has 0 amide bonds. The highest BCUT2D eigenvalue weighted by Gasteiger charge is 2.19. The predicted octanol–water partition coefficient (Wildman–Crippen LogP) is 2.74. The van der Waals surface area contributed by atoms with E-state index in [4.69, 9.17) is 11.6 Å². The van der Waals surface area contributed by atoms with Gasteiger partial charge in [0.25, 0.3) is 0 Å². The number of hydrogen-bond donors (Lipinski definition) is 2. The molecule has 0 aliphatic rings. The molecule has 0 aliphatic heterocycles. The van der Waals surface area contributed by atoms with Gasteiger partial charge in [0, 0.05) is 12.6 Å². The minimum atomic E-state index is -0.182. The van der Waals surface area contributed by atoms with Crippen LogP contribution in [-0.4, -0.2) is 27.2 Å². The van der Waals surface area contributed by atoms with Gasteiger partial charge in [0.05, 0.1) is 12.2 Å². The molecule has 5 nitrogen and oxygen atoms in total. The highest BCUT2D eigenvalue weighted by molar-refractivity contribution is 6.28. The summed E-state index contributed by atoms with van der Waals surface area (Å²) in [5, 5.41) is 19.7. The fraction of sp³-hybridized carbons (Fsp3) is 0.231. The van der Waals surface area contributed by atoms with Crippen LogP contribution in [0.1, 0.15) is 18.5 Å². The first-order valence-electron chi connectivity index (χ1n) is 5.73. The lowest BCUT2D eigenvalue weighted by Crippen LogP contribution is -2.23. The van der Waals surface area contributed by atoms with Crippen LogP contribution in [0.4, 0.5) is 5.82 Å². The molecular formula is C13H14ClN3O2. The number of anilines is 1. The minimum absolute atomic E-state index is 0.0594. The Morgan fingerprint density at radius 1 is 1.21 bits per heavy atom. The molecule has 1 aromatic heterocycles. The van der Waals surface area contributed by atoms with E-state index in [0.29, 0.717) is 5.82 Å². The van der Waals surface area contributed by atoms with Gasteiger partial charge in [-0.3, -0.25) is 0 Å². The van der Waals surface area contributed by atoms with Crippen LogP contribution in [0.2, 0.25) is 5.28 Å². The van der Waals surface area contributed by atoms with E-state index in [1.54, 1.807) is 24.1 Å². The van der Waals surface area contributed by atoms with Crippen molar-refractivity contribution in [1.29, 1.82) is 0 Å². The highest BCUT2D eigenvalue weighted by Crippen LogP contribution is 2.33. The van der Waals surface area contributed by atoms with Gasteiger partial charge >= 0.3 is 0 Å². The number of benzene rings is 1. The molecular weight excluding hydrogens is 266 g/mol. The quantitative estimate of drug-likeness (QED) is 0.846. The fourth-order valence-corrected chi connectivity index (χ4v) is 1.97.